The summed E-state index contributed by atoms with van der Waals surface area (Å²) in [4.78, 5) is 0. The number of nitrogens with zero attached hydrogens (tertiary/aromatic N) is 1. The first-order valence-electron chi connectivity index (χ1n) is 7.02. The molecule has 3 aliphatic rings. The first kappa shape index (κ1) is 12.7. The number of allylic oxidation sites excluding steroid dienone is 1. The van der Waals surface area contributed by atoms with Crippen molar-refractivity contribution in [3.8, 4) is 0 Å². The summed E-state index contributed by atoms with van der Waals surface area (Å²) in [6.45, 7) is 8.72. The van der Waals surface area contributed by atoms with Crippen LogP contribution in [0.3, 0.4) is 0 Å². The van der Waals surface area contributed by atoms with Crippen molar-refractivity contribution in [2.24, 2.45) is 11.3 Å². The second-order valence-corrected chi connectivity index (χ2v) is 8.79. The molecule has 2 aliphatic carbocycles. The quantitative estimate of drug-likeness (QED) is 0.581. The lowest BCUT2D eigenvalue weighted by Crippen LogP contribution is -2.73. The van der Waals surface area contributed by atoms with Gasteiger partial charge in [-0.2, -0.15) is 4.31 Å². The first-order valence-corrected chi connectivity index (χ1v) is 8.46. The maximum absolute atomic E-state index is 12.7. The number of sulfonamides is 1. The number of fused-ring (bicyclic) bond motifs is 1. The van der Waals surface area contributed by atoms with Gasteiger partial charge in [-0.1, -0.05) is 19.9 Å². The average molecular weight is 269 g/mol. The summed E-state index contributed by atoms with van der Waals surface area (Å²) in [7, 11) is -3.06. The molecule has 0 amide bonds. The number of unbranched alkanes of at least 4 members (excludes halogenated alkanes) is 1. The highest BCUT2D eigenvalue weighted by atomic mass is 32.2. The van der Waals surface area contributed by atoms with E-state index in [4.69, 9.17) is 0 Å². The van der Waals surface area contributed by atoms with E-state index in [1.807, 2.05) is 6.08 Å². The number of hydrogen-bond acceptors (Lipinski definition) is 2. The van der Waals surface area contributed by atoms with E-state index in [2.05, 4.69) is 20.4 Å². The summed E-state index contributed by atoms with van der Waals surface area (Å²) < 4.78 is 26.8. The molecular weight excluding hydrogens is 246 g/mol. The molecule has 1 aliphatic heterocycles. The summed E-state index contributed by atoms with van der Waals surface area (Å²) in [6.07, 6.45) is 6.74. The van der Waals surface area contributed by atoms with Gasteiger partial charge in [0.05, 0.1) is 0 Å². The SMILES string of the molecule is C=CCCCN1C2CC3CCC2(C3(C)C)S1(=O)=O. The molecule has 3 unspecified atom stereocenters. The van der Waals surface area contributed by atoms with Crippen molar-refractivity contribution >= 4 is 10.0 Å². The predicted octanol–water partition coefficient (Wildman–Crippen LogP) is 2.55. The van der Waals surface area contributed by atoms with Crippen molar-refractivity contribution in [1.82, 2.24) is 4.31 Å². The van der Waals surface area contributed by atoms with Crippen molar-refractivity contribution in [3.05, 3.63) is 12.7 Å². The fraction of sp³-hybridized carbons (Fsp3) is 0.857. The molecule has 3 nitrogen and oxygen atoms in total. The second kappa shape index (κ2) is 3.60. The molecule has 1 saturated heterocycles. The van der Waals surface area contributed by atoms with Gasteiger partial charge in [0.2, 0.25) is 10.0 Å². The Kier molecular flexibility index (Phi) is 2.54. The largest absolute Gasteiger partial charge is 0.222 e. The third kappa shape index (κ3) is 1.12. The zero-order valence-corrected chi connectivity index (χ0v) is 12.2. The molecule has 3 atom stereocenters. The molecule has 18 heavy (non-hydrogen) atoms. The molecule has 0 aromatic rings. The molecule has 0 radical (unpaired) electrons. The van der Waals surface area contributed by atoms with Gasteiger partial charge in [0, 0.05) is 12.6 Å². The van der Waals surface area contributed by atoms with E-state index in [9.17, 15) is 8.42 Å². The molecule has 0 aromatic heterocycles. The van der Waals surface area contributed by atoms with E-state index in [0.717, 1.165) is 32.1 Å². The predicted molar refractivity (Wildman–Crippen MR) is 72.7 cm³/mol. The Bertz CT molecular complexity index is 482. The summed E-state index contributed by atoms with van der Waals surface area (Å²) in [5, 5.41) is 0. The van der Waals surface area contributed by atoms with Gasteiger partial charge >= 0.3 is 0 Å². The second-order valence-electron chi connectivity index (χ2n) is 6.64. The van der Waals surface area contributed by atoms with Crippen LogP contribution in [-0.4, -0.2) is 30.1 Å². The standard InChI is InChI=1S/C14H23NO2S/c1-4-5-6-9-15-12-10-11-7-8-14(12,13(11,2)3)18(15,16)17/h4,11-12H,1,5-10H2,2-3H3. The Hall–Kier alpha value is -0.350. The fourth-order valence-corrected chi connectivity index (χ4v) is 7.87. The van der Waals surface area contributed by atoms with Crippen molar-refractivity contribution in [2.45, 2.75) is 56.7 Å². The lowest BCUT2D eigenvalue weighted by atomic mass is 9.80. The van der Waals surface area contributed by atoms with E-state index < -0.39 is 14.8 Å². The van der Waals surface area contributed by atoms with Gasteiger partial charge in [0.25, 0.3) is 0 Å². The zero-order chi connectivity index (χ0) is 13.2. The van der Waals surface area contributed by atoms with Crippen LogP contribution in [0.1, 0.15) is 46.0 Å². The van der Waals surface area contributed by atoms with Crippen molar-refractivity contribution in [1.29, 1.82) is 0 Å². The van der Waals surface area contributed by atoms with Gasteiger partial charge in [-0.3, -0.25) is 0 Å². The fourth-order valence-electron chi connectivity index (χ4n) is 4.86. The van der Waals surface area contributed by atoms with Crippen LogP contribution < -0.4 is 0 Å². The highest BCUT2D eigenvalue weighted by molar-refractivity contribution is 7.92. The monoisotopic (exact) mass is 269 g/mol. The summed E-state index contributed by atoms with van der Waals surface area (Å²) in [5.41, 5.74) is -0.0224. The molecule has 102 valence electrons. The topological polar surface area (TPSA) is 37.4 Å². The maximum Gasteiger partial charge on any atom is 0.222 e. The third-order valence-electron chi connectivity index (χ3n) is 5.92. The van der Waals surface area contributed by atoms with Gasteiger partial charge in [-0.05, 0) is 43.4 Å². The maximum atomic E-state index is 12.7. The van der Waals surface area contributed by atoms with Crippen molar-refractivity contribution in [2.75, 3.05) is 6.54 Å². The normalized spacial score (nSPS) is 43.4. The molecule has 1 spiro atoms. The third-order valence-corrected chi connectivity index (χ3v) is 8.90. The van der Waals surface area contributed by atoms with E-state index in [1.165, 1.54) is 0 Å². The molecule has 4 heteroatoms. The van der Waals surface area contributed by atoms with Gasteiger partial charge in [0.15, 0.2) is 0 Å². The van der Waals surface area contributed by atoms with E-state index in [-0.39, 0.29) is 5.41 Å². The van der Waals surface area contributed by atoms with Crippen LogP contribution in [0.15, 0.2) is 12.7 Å². The summed E-state index contributed by atoms with van der Waals surface area (Å²) in [5.74, 6) is 0.599. The Morgan fingerprint density at radius 1 is 1.44 bits per heavy atom. The van der Waals surface area contributed by atoms with Crippen LogP contribution in [0.25, 0.3) is 0 Å². The Morgan fingerprint density at radius 3 is 2.78 bits per heavy atom. The Balaban J connectivity index is 1.87. The van der Waals surface area contributed by atoms with Crippen LogP contribution in [0.4, 0.5) is 0 Å². The van der Waals surface area contributed by atoms with Crippen LogP contribution in [0.5, 0.6) is 0 Å². The Morgan fingerprint density at radius 2 is 2.17 bits per heavy atom. The highest BCUT2D eigenvalue weighted by Gasteiger charge is 2.79. The lowest BCUT2D eigenvalue weighted by molar-refractivity contribution is 0.149. The van der Waals surface area contributed by atoms with Crippen LogP contribution >= 0.6 is 0 Å². The van der Waals surface area contributed by atoms with Gasteiger partial charge < -0.3 is 0 Å². The van der Waals surface area contributed by atoms with Gasteiger partial charge in [0.1, 0.15) is 4.75 Å². The summed E-state index contributed by atoms with van der Waals surface area (Å²) >= 11 is 0. The molecule has 0 aromatic carbocycles. The zero-order valence-electron chi connectivity index (χ0n) is 11.4. The number of hydrogen-bond donors (Lipinski definition) is 0. The van der Waals surface area contributed by atoms with Gasteiger partial charge in [-0.25, -0.2) is 8.42 Å². The van der Waals surface area contributed by atoms with Crippen LogP contribution in [0, 0.1) is 11.3 Å². The highest BCUT2D eigenvalue weighted by Crippen LogP contribution is 2.70. The molecular formula is C14H23NO2S. The van der Waals surface area contributed by atoms with E-state index in [1.54, 1.807) is 4.31 Å². The van der Waals surface area contributed by atoms with E-state index >= 15 is 0 Å². The number of rotatable bonds is 4. The van der Waals surface area contributed by atoms with Crippen molar-refractivity contribution in [3.63, 3.8) is 0 Å². The molecule has 2 saturated carbocycles. The molecule has 3 rings (SSSR count). The Labute approximate surface area is 110 Å². The minimum atomic E-state index is -3.06. The van der Waals surface area contributed by atoms with E-state index in [0.29, 0.717) is 18.5 Å². The van der Waals surface area contributed by atoms with Crippen LogP contribution in [0.2, 0.25) is 0 Å². The van der Waals surface area contributed by atoms with Gasteiger partial charge in [-0.15, -0.1) is 6.58 Å². The average Bonchev–Trinajstić information content (AvgIpc) is 2.69. The van der Waals surface area contributed by atoms with Crippen molar-refractivity contribution < 1.29 is 8.42 Å². The first-order chi connectivity index (χ1) is 8.39. The smallest absolute Gasteiger partial charge is 0.212 e. The van der Waals surface area contributed by atoms with Crippen LogP contribution in [-0.2, 0) is 10.0 Å². The lowest BCUT2D eigenvalue weighted by Gasteiger charge is -2.56. The molecule has 3 fully saturated rings. The molecule has 1 heterocycles. The molecule has 0 N–H and O–H groups in total. The summed E-state index contributed by atoms with van der Waals surface area (Å²) in [6, 6.07) is 0.293. The minimum Gasteiger partial charge on any atom is -0.212 e. The minimum absolute atomic E-state index is 0.0224. The molecule has 2 bridgehead atoms.